The zero-order valence-electron chi connectivity index (χ0n) is 17.2. The number of halogens is 1. The molecule has 0 atom stereocenters. The Morgan fingerprint density at radius 1 is 1.10 bits per heavy atom. The van der Waals surface area contributed by atoms with Crippen LogP contribution >= 0.6 is 23.7 Å². The van der Waals surface area contributed by atoms with Gasteiger partial charge in [0.05, 0.1) is 10.2 Å². The molecule has 160 valence electrons. The molecule has 0 bridgehead atoms. The Kier molecular flexibility index (Phi) is 7.53. The number of benzene rings is 2. The van der Waals surface area contributed by atoms with E-state index in [1.807, 2.05) is 49.3 Å². The van der Waals surface area contributed by atoms with Crippen molar-refractivity contribution in [2.45, 2.75) is 19.3 Å². The van der Waals surface area contributed by atoms with E-state index in [0.29, 0.717) is 18.7 Å². The van der Waals surface area contributed by atoms with Gasteiger partial charge < -0.3 is 14.4 Å². The predicted molar refractivity (Wildman–Crippen MR) is 123 cm³/mol. The quantitative estimate of drug-likeness (QED) is 0.513. The van der Waals surface area contributed by atoms with E-state index in [2.05, 4.69) is 17.0 Å². The summed E-state index contributed by atoms with van der Waals surface area (Å²) in [5.41, 5.74) is 2.01. The largest absolute Gasteiger partial charge is 0.454 e. The molecule has 1 aliphatic rings. The van der Waals surface area contributed by atoms with Crippen molar-refractivity contribution in [3.63, 3.8) is 0 Å². The van der Waals surface area contributed by atoms with Crippen LogP contribution in [0.4, 0.5) is 5.13 Å². The maximum atomic E-state index is 13.1. The molecule has 0 saturated carbocycles. The molecule has 4 rings (SSSR count). The topological polar surface area (TPSA) is 54.9 Å². The smallest absolute Gasteiger partial charge is 0.231 e. The van der Waals surface area contributed by atoms with Crippen LogP contribution in [-0.4, -0.2) is 49.8 Å². The number of aryl methyl sites for hydroxylation is 1. The maximum absolute atomic E-state index is 13.1. The average molecular weight is 448 g/mol. The number of ether oxygens (including phenoxy) is 2. The Morgan fingerprint density at radius 2 is 1.83 bits per heavy atom. The highest BCUT2D eigenvalue weighted by molar-refractivity contribution is 7.22. The van der Waals surface area contributed by atoms with Crippen LogP contribution in [0.15, 0.2) is 42.5 Å². The first kappa shape index (κ1) is 22.3. The number of hydrogen-bond donors (Lipinski definition) is 0. The molecule has 2 heterocycles. The Bertz CT molecular complexity index is 953. The Balaban J connectivity index is 0.00000256. The summed E-state index contributed by atoms with van der Waals surface area (Å²) in [6.07, 6.45) is 2.08. The van der Waals surface area contributed by atoms with Crippen molar-refractivity contribution in [1.29, 1.82) is 0 Å². The fourth-order valence-electron chi connectivity index (χ4n) is 3.32. The number of thiazole rings is 1. The van der Waals surface area contributed by atoms with Crippen LogP contribution in [0.25, 0.3) is 10.2 Å². The molecule has 0 spiro atoms. The van der Waals surface area contributed by atoms with Gasteiger partial charge in [-0.25, -0.2) is 4.98 Å². The molecule has 1 amide bonds. The molecule has 0 radical (unpaired) electrons. The van der Waals surface area contributed by atoms with Crippen LogP contribution in [0, 0.1) is 0 Å². The molecule has 30 heavy (non-hydrogen) atoms. The Morgan fingerprint density at radius 3 is 2.57 bits per heavy atom. The fraction of sp³-hybridized carbons (Fsp3) is 0.364. The molecule has 6 nitrogen and oxygen atoms in total. The summed E-state index contributed by atoms with van der Waals surface area (Å²) < 4.78 is 11.9. The number of amides is 1. The SMILES string of the molecule is CN(C)CCCN(C(=O)CCc1ccccc1)c1nc2cc3c(cc2s1)OCO3.Cl. The second kappa shape index (κ2) is 10.1. The predicted octanol–water partition coefficient (Wildman–Crippen LogP) is 4.36. The number of carbonyl (C=O) groups excluding carboxylic acids is 1. The minimum atomic E-state index is 0. The normalized spacial score (nSPS) is 12.2. The number of rotatable bonds is 8. The zero-order valence-corrected chi connectivity index (χ0v) is 18.8. The lowest BCUT2D eigenvalue weighted by atomic mass is 10.1. The number of nitrogens with zero attached hydrogens (tertiary/aromatic N) is 3. The zero-order chi connectivity index (χ0) is 20.2. The van der Waals surface area contributed by atoms with Crippen LogP contribution in [0.5, 0.6) is 11.5 Å². The van der Waals surface area contributed by atoms with E-state index in [-0.39, 0.29) is 25.1 Å². The summed E-state index contributed by atoms with van der Waals surface area (Å²) in [6, 6.07) is 14.0. The second-order valence-electron chi connectivity index (χ2n) is 7.36. The third-order valence-corrected chi connectivity index (χ3v) is 5.90. The fourth-order valence-corrected chi connectivity index (χ4v) is 4.34. The van der Waals surface area contributed by atoms with Gasteiger partial charge in [0, 0.05) is 25.1 Å². The average Bonchev–Trinajstić information content (AvgIpc) is 3.33. The summed E-state index contributed by atoms with van der Waals surface area (Å²) >= 11 is 1.53. The van der Waals surface area contributed by atoms with E-state index in [1.165, 1.54) is 16.9 Å². The molecule has 2 aromatic carbocycles. The van der Waals surface area contributed by atoms with E-state index in [9.17, 15) is 4.79 Å². The highest BCUT2D eigenvalue weighted by atomic mass is 35.5. The van der Waals surface area contributed by atoms with E-state index in [4.69, 9.17) is 14.5 Å². The third kappa shape index (κ3) is 5.22. The van der Waals surface area contributed by atoms with Gasteiger partial charge in [-0.1, -0.05) is 41.7 Å². The lowest BCUT2D eigenvalue weighted by molar-refractivity contribution is -0.118. The van der Waals surface area contributed by atoms with Gasteiger partial charge in [-0.05, 0) is 39.0 Å². The van der Waals surface area contributed by atoms with Crippen LogP contribution in [0.2, 0.25) is 0 Å². The number of fused-ring (bicyclic) bond motifs is 2. The molecule has 0 aliphatic carbocycles. The lowest BCUT2D eigenvalue weighted by Gasteiger charge is -2.21. The highest BCUT2D eigenvalue weighted by Crippen LogP contribution is 2.39. The van der Waals surface area contributed by atoms with Crippen molar-refractivity contribution in [2.75, 3.05) is 38.9 Å². The van der Waals surface area contributed by atoms with Crippen molar-refractivity contribution in [2.24, 2.45) is 0 Å². The standard InChI is InChI=1S/C22H25N3O3S.ClH/c1-24(2)11-6-12-25(21(26)10-9-16-7-4-3-5-8-16)22-23-17-13-18-19(28-15-27-18)14-20(17)29-22;/h3-5,7-8,13-14H,6,9-12,15H2,1-2H3;1H. The van der Waals surface area contributed by atoms with Crippen LogP contribution in [-0.2, 0) is 11.2 Å². The van der Waals surface area contributed by atoms with Crippen LogP contribution in [0.1, 0.15) is 18.4 Å². The van der Waals surface area contributed by atoms with Crippen LogP contribution < -0.4 is 14.4 Å². The highest BCUT2D eigenvalue weighted by Gasteiger charge is 2.22. The van der Waals surface area contributed by atoms with Crippen molar-refractivity contribution < 1.29 is 14.3 Å². The van der Waals surface area contributed by atoms with E-state index < -0.39 is 0 Å². The van der Waals surface area contributed by atoms with Gasteiger partial charge in [-0.2, -0.15) is 0 Å². The monoisotopic (exact) mass is 447 g/mol. The van der Waals surface area contributed by atoms with Crippen LogP contribution in [0.3, 0.4) is 0 Å². The molecular weight excluding hydrogens is 422 g/mol. The molecule has 8 heteroatoms. The summed E-state index contributed by atoms with van der Waals surface area (Å²) in [4.78, 5) is 21.8. The van der Waals surface area contributed by atoms with Gasteiger partial charge in [0.1, 0.15) is 0 Å². The first-order valence-corrected chi connectivity index (χ1v) is 10.6. The minimum Gasteiger partial charge on any atom is -0.454 e. The van der Waals surface area contributed by atoms with Gasteiger partial charge in [0.2, 0.25) is 12.7 Å². The van der Waals surface area contributed by atoms with Gasteiger partial charge in [-0.3, -0.25) is 9.69 Å². The van der Waals surface area contributed by atoms with Gasteiger partial charge >= 0.3 is 0 Å². The lowest BCUT2D eigenvalue weighted by Crippen LogP contribution is -2.33. The van der Waals surface area contributed by atoms with E-state index >= 15 is 0 Å². The van der Waals surface area contributed by atoms with Crippen molar-refractivity contribution in [3.05, 3.63) is 48.0 Å². The molecule has 0 saturated heterocycles. The van der Waals surface area contributed by atoms with Crippen molar-refractivity contribution >= 4 is 45.0 Å². The molecule has 1 aromatic heterocycles. The molecule has 0 unspecified atom stereocenters. The molecular formula is C22H26ClN3O3S. The maximum Gasteiger partial charge on any atom is 0.231 e. The third-order valence-electron chi connectivity index (χ3n) is 4.86. The summed E-state index contributed by atoms with van der Waals surface area (Å²) in [5, 5.41) is 0.737. The second-order valence-corrected chi connectivity index (χ2v) is 8.37. The number of carbonyl (C=O) groups is 1. The van der Waals surface area contributed by atoms with Gasteiger partial charge in [0.25, 0.3) is 0 Å². The molecule has 1 aliphatic heterocycles. The number of aromatic nitrogens is 1. The van der Waals surface area contributed by atoms with E-state index in [0.717, 1.165) is 40.5 Å². The van der Waals surface area contributed by atoms with Gasteiger partial charge in [0.15, 0.2) is 16.6 Å². The first-order chi connectivity index (χ1) is 14.1. The van der Waals surface area contributed by atoms with Gasteiger partial charge in [-0.15, -0.1) is 12.4 Å². The number of anilines is 1. The minimum absolute atomic E-state index is 0. The Hall–Kier alpha value is -2.35. The molecule has 0 fully saturated rings. The first-order valence-electron chi connectivity index (χ1n) is 9.79. The van der Waals surface area contributed by atoms with Crippen molar-refractivity contribution in [3.8, 4) is 11.5 Å². The van der Waals surface area contributed by atoms with Crippen molar-refractivity contribution in [1.82, 2.24) is 9.88 Å². The molecule has 0 N–H and O–H groups in total. The molecule has 3 aromatic rings. The summed E-state index contributed by atoms with van der Waals surface area (Å²) in [5.74, 6) is 1.55. The summed E-state index contributed by atoms with van der Waals surface area (Å²) in [6.45, 7) is 1.82. The van der Waals surface area contributed by atoms with E-state index in [1.54, 1.807) is 0 Å². The number of hydrogen-bond acceptors (Lipinski definition) is 6. The Labute approximate surface area is 186 Å². The summed E-state index contributed by atoms with van der Waals surface area (Å²) in [7, 11) is 4.08.